The molecule has 2 aliphatic rings. The molecule has 120 valence electrons. The largest absolute Gasteiger partial charge is 0.376 e. The van der Waals surface area contributed by atoms with E-state index in [2.05, 4.69) is 5.32 Å². The van der Waals surface area contributed by atoms with Crippen molar-refractivity contribution in [2.45, 2.75) is 31.8 Å². The van der Waals surface area contributed by atoms with Crippen molar-refractivity contribution in [3.63, 3.8) is 0 Å². The van der Waals surface area contributed by atoms with Gasteiger partial charge >= 0.3 is 0 Å². The lowest BCUT2D eigenvalue weighted by molar-refractivity contribution is -0.126. The van der Waals surface area contributed by atoms with Crippen LogP contribution in [-0.2, 0) is 9.53 Å². The highest BCUT2D eigenvalue weighted by atomic mass is 32.1. The highest BCUT2D eigenvalue weighted by Crippen LogP contribution is 2.20. The number of likely N-dealkylation sites (tertiary alicyclic amines) is 1. The topological polar surface area (TPSA) is 58.6 Å². The van der Waals surface area contributed by atoms with E-state index < -0.39 is 0 Å². The van der Waals surface area contributed by atoms with E-state index in [-0.39, 0.29) is 23.8 Å². The molecule has 0 aliphatic carbocycles. The molecule has 2 saturated heterocycles. The van der Waals surface area contributed by atoms with Gasteiger partial charge in [-0.2, -0.15) is 11.3 Å². The van der Waals surface area contributed by atoms with Crippen LogP contribution in [-0.4, -0.2) is 49.1 Å². The molecule has 6 heteroatoms. The third kappa shape index (κ3) is 3.67. The molecule has 5 nitrogen and oxygen atoms in total. The second-order valence-corrected chi connectivity index (χ2v) is 6.74. The van der Waals surface area contributed by atoms with Crippen molar-refractivity contribution in [1.29, 1.82) is 0 Å². The predicted molar refractivity (Wildman–Crippen MR) is 84.9 cm³/mol. The van der Waals surface area contributed by atoms with Gasteiger partial charge < -0.3 is 15.0 Å². The number of nitrogens with one attached hydrogen (secondary N) is 1. The smallest absolute Gasteiger partial charge is 0.254 e. The number of hydrogen-bond donors (Lipinski definition) is 1. The van der Waals surface area contributed by atoms with E-state index >= 15 is 0 Å². The van der Waals surface area contributed by atoms with Gasteiger partial charge in [0.1, 0.15) is 0 Å². The van der Waals surface area contributed by atoms with Crippen molar-refractivity contribution in [2.24, 2.45) is 5.92 Å². The number of rotatable bonds is 4. The maximum Gasteiger partial charge on any atom is 0.254 e. The Kier molecular flexibility index (Phi) is 5.10. The van der Waals surface area contributed by atoms with Gasteiger partial charge in [0.05, 0.1) is 11.7 Å². The highest BCUT2D eigenvalue weighted by Gasteiger charge is 2.28. The first-order valence-corrected chi connectivity index (χ1v) is 8.89. The van der Waals surface area contributed by atoms with Crippen LogP contribution in [0.5, 0.6) is 0 Å². The summed E-state index contributed by atoms with van der Waals surface area (Å²) in [4.78, 5) is 26.3. The van der Waals surface area contributed by atoms with Crippen LogP contribution in [0.15, 0.2) is 16.8 Å². The average molecular weight is 322 g/mol. The summed E-state index contributed by atoms with van der Waals surface area (Å²) in [6, 6.07) is 1.85. The molecule has 2 amide bonds. The zero-order valence-corrected chi connectivity index (χ0v) is 13.4. The van der Waals surface area contributed by atoms with Gasteiger partial charge in [-0.25, -0.2) is 0 Å². The Bertz CT molecular complexity index is 503. The van der Waals surface area contributed by atoms with Gasteiger partial charge in [0.25, 0.3) is 5.91 Å². The maximum absolute atomic E-state index is 12.3. The first kappa shape index (κ1) is 15.5. The van der Waals surface area contributed by atoms with Gasteiger partial charge in [-0.1, -0.05) is 0 Å². The zero-order chi connectivity index (χ0) is 15.4. The first-order chi connectivity index (χ1) is 10.7. The minimum Gasteiger partial charge on any atom is -0.376 e. The van der Waals surface area contributed by atoms with E-state index in [0.717, 1.165) is 37.9 Å². The third-order valence-electron chi connectivity index (χ3n) is 4.45. The number of nitrogens with zero attached hydrogens (tertiary/aromatic N) is 1. The third-order valence-corrected chi connectivity index (χ3v) is 5.13. The van der Waals surface area contributed by atoms with E-state index in [1.807, 2.05) is 21.7 Å². The minimum absolute atomic E-state index is 0.0212. The Morgan fingerprint density at radius 3 is 2.77 bits per heavy atom. The van der Waals surface area contributed by atoms with E-state index in [1.165, 1.54) is 11.3 Å². The number of ether oxygens (including phenoxy) is 1. The Morgan fingerprint density at radius 1 is 1.32 bits per heavy atom. The van der Waals surface area contributed by atoms with Crippen LogP contribution < -0.4 is 5.32 Å². The predicted octanol–water partition coefficient (Wildman–Crippen LogP) is 1.90. The molecule has 22 heavy (non-hydrogen) atoms. The van der Waals surface area contributed by atoms with Gasteiger partial charge in [-0.3, -0.25) is 9.59 Å². The number of carbonyl (C=O) groups is 2. The molecule has 0 bridgehead atoms. The van der Waals surface area contributed by atoms with E-state index in [4.69, 9.17) is 4.74 Å². The summed E-state index contributed by atoms with van der Waals surface area (Å²) in [5, 5.41) is 6.79. The molecule has 1 aromatic rings. The molecular formula is C16H22N2O3S. The standard InChI is InChI=1S/C16H22N2O3S/c19-15(17-10-14-2-1-8-21-14)12-3-6-18(7-4-12)16(20)13-5-9-22-11-13/h5,9,11-12,14H,1-4,6-8,10H2,(H,17,19). The van der Waals surface area contributed by atoms with Crippen molar-refractivity contribution in [3.8, 4) is 0 Å². The number of hydrogen-bond acceptors (Lipinski definition) is 4. The minimum atomic E-state index is 0.0212. The lowest BCUT2D eigenvalue weighted by atomic mass is 9.95. The van der Waals surface area contributed by atoms with Gasteiger partial charge in [0.15, 0.2) is 0 Å². The van der Waals surface area contributed by atoms with Gasteiger partial charge in [0.2, 0.25) is 5.91 Å². The molecule has 1 N–H and O–H groups in total. The van der Waals surface area contributed by atoms with Gasteiger partial charge in [0, 0.05) is 37.5 Å². The summed E-state index contributed by atoms with van der Waals surface area (Å²) in [5.41, 5.74) is 0.756. The van der Waals surface area contributed by atoms with E-state index in [0.29, 0.717) is 19.6 Å². The first-order valence-electron chi connectivity index (χ1n) is 7.95. The zero-order valence-electron chi connectivity index (χ0n) is 12.6. The van der Waals surface area contributed by atoms with Crippen molar-refractivity contribution < 1.29 is 14.3 Å². The molecule has 0 radical (unpaired) electrons. The fraction of sp³-hybridized carbons (Fsp3) is 0.625. The number of piperidine rings is 1. The van der Waals surface area contributed by atoms with E-state index in [9.17, 15) is 9.59 Å². The molecule has 1 unspecified atom stereocenters. The quantitative estimate of drug-likeness (QED) is 0.921. The Labute approximate surface area is 134 Å². The van der Waals surface area contributed by atoms with Crippen LogP contribution in [0.3, 0.4) is 0 Å². The number of thiophene rings is 1. The molecular weight excluding hydrogens is 300 g/mol. The van der Waals surface area contributed by atoms with Crippen LogP contribution in [0.1, 0.15) is 36.0 Å². The lowest BCUT2D eigenvalue weighted by Crippen LogP contribution is -2.44. The fourth-order valence-corrected chi connectivity index (χ4v) is 3.71. The van der Waals surface area contributed by atoms with Crippen LogP contribution in [0, 0.1) is 5.92 Å². The van der Waals surface area contributed by atoms with Gasteiger partial charge in [-0.05, 0) is 37.1 Å². The van der Waals surface area contributed by atoms with Crippen LogP contribution in [0.2, 0.25) is 0 Å². The summed E-state index contributed by atoms with van der Waals surface area (Å²) in [6.07, 6.45) is 3.79. The molecule has 0 saturated carbocycles. The monoisotopic (exact) mass is 322 g/mol. The fourth-order valence-electron chi connectivity index (χ4n) is 3.08. The second kappa shape index (κ2) is 7.24. The summed E-state index contributed by atoms with van der Waals surface area (Å²) in [7, 11) is 0. The van der Waals surface area contributed by atoms with Crippen LogP contribution in [0.25, 0.3) is 0 Å². The molecule has 3 rings (SSSR count). The summed E-state index contributed by atoms with van der Waals surface area (Å²) >= 11 is 1.53. The van der Waals surface area contributed by atoms with Crippen molar-refractivity contribution in [2.75, 3.05) is 26.2 Å². The van der Waals surface area contributed by atoms with Gasteiger partial charge in [-0.15, -0.1) is 0 Å². The normalized spacial score (nSPS) is 22.7. The second-order valence-electron chi connectivity index (χ2n) is 5.96. The van der Waals surface area contributed by atoms with Crippen molar-refractivity contribution >= 4 is 23.2 Å². The summed E-state index contributed by atoms with van der Waals surface area (Å²) < 4.78 is 5.51. The molecule has 0 spiro atoms. The van der Waals surface area contributed by atoms with Crippen molar-refractivity contribution in [3.05, 3.63) is 22.4 Å². The number of amides is 2. The lowest BCUT2D eigenvalue weighted by Gasteiger charge is -2.31. The van der Waals surface area contributed by atoms with E-state index in [1.54, 1.807) is 0 Å². The maximum atomic E-state index is 12.3. The Balaban J connectivity index is 1.42. The highest BCUT2D eigenvalue weighted by molar-refractivity contribution is 7.08. The summed E-state index contributed by atoms with van der Waals surface area (Å²) in [6.45, 7) is 2.75. The van der Waals surface area contributed by atoms with Crippen molar-refractivity contribution in [1.82, 2.24) is 10.2 Å². The summed E-state index contributed by atoms with van der Waals surface area (Å²) in [5.74, 6) is 0.213. The molecule has 1 atom stereocenters. The molecule has 2 aliphatic heterocycles. The SMILES string of the molecule is O=C(NCC1CCCO1)C1CCN(C(=O)c2ccsc2)CC1. The molecule has 2 fully saturated rings. The van der Waals surface area contributed by atoms with Crippen LogP contribution >= 0.6 is 11.3 Å². The molecule has 1 aromatic heterocycles. The molecule has 0 aromatic carbocycles. The average Bonchev–Trinajstić information content (AvgIpc) is 3.25. The number of carbonyl (C=O) groups excluding carboxylic acids is 2. The van der Waals surface area contributed by atoms with Crippen LogP contribution in [0.4, 0.5) is 0 Å². The Hall–Kier alpha value is -1.40. The Morgan fingerprint density at radius 2 is 2.14 bits per heavy atom. The molecule has 3 heterocycles.